The van der Waals surface area contributed by atoms with Gasteiger partial charge in [-0.1, -0.05) is 47.3 Å². The summed E-state index contributed by atoms with van der Waals surface area (Å²) in [5.41, 5.74) is 2.75. The van der Waals surface area contributed by atoms with Crippen molar-refractivity contribution in [2.45, 2.75) is 38.1 Å². The monoisotopic (exact) mass is 295 g/mol. The van der Waals surface area contributed by atoms with Gasteiger partial charge in [0.2, 0.25) is 0 Å². The molecular weight excluding hydrogens is 277 g/mol. The van der Waals surface area contributed by atoms with E-state index in [-0.39, 0.29) is 0 Å². The molecule has 1 aliphatic heterocycles. The number of rotatable bonds is 2. The number of hydrogen-bond acceptors (Lipinski definition) is 1. The molecule has 1 heterocycles. The van der Waals surface area contributed by atoms with Crippen molar-refractivity contribution in [3.05, 3.63) is 39.4 Å². The van der Waals surface area contributed by atoms with Crippen molar-refractivity contribution in [3.8, 4) is 0 Å². The minimum absolute atomic E-state index is 0.631. The molecule has 1 atom stereocenters. The second-order valence-electron chi connectivity index (χ2n) is 5.54. The molecule has 1 saturated heterocycles. The molecule has 1 saturated carbocycles. The molecule has 3 rings (SSSR count). The van der Waals surface area contributed by atoms with Crippen molar-refractivity contribution in [1.82, 2.24) is 4.90 Å². The molecule has 1 nitrogen and oxygen atoms in total. The lowest BCUT2D eigenvalue weighted by atomic mass is 9.86. The Hall–Kier alpha value is -0.500. The van der Waals surface area contributed by atoms with Gasteiger partial charge in [0.15, 0.2) is 0 Å². The minimum Gasteiger partial charge on any atom is -0.297 e. The summed E-state index contributed by atoms with van der Waals surface area (Å²) in [5, 5.41) is 1.28. The van der Waals surface area contributed by atoms with Crippen LogP contribution in [0.3, 0.4) is 0 Å². The number of nitrogens with zero attached hydrogens (tertiary/aromatic N) is 1. The van der Waals surface area contributed by atoms with E-state index in [0.29, 0.717) is 16.1 Å². The molecule has 0 N–H and O–H groups in total. The van der Waals surface area contributed by atoms with Crippen molar-refractivity contribution in [1.29, 1.82) is 0 Å². The fourth-order valence-electron chi connectivity index (χ4n) is 3.07. The Morgan fingerprint density at radius 3 is 2.58 bits per heavy atom. The van der Waals surface area contributed by atoms with Gasteiger partial charge < -0.3 is 0 Å². The summed E-state index contributed by atoms with van der Waals surface area (Å²) in [4.78, 5) is 2.61. The molecule has 1 aromatic carbocycles. The largest absolute Gasteiger partial charge is 0.297 e. The van der Waals surface area contributed by atoms with E-state index in [0.717, 1.165) is 0 Å². The second kappa shape index (κ2) is 5.87. The van der Waals surface area contributed by atoms with Gasteiger partial charge in [-0.3, -0.25) is 4.90 Å². The molecule has 102 valence electrons. The Morgan fingerprint density at radius 1 is 1.05 bits per heavy atom. The van der Waals surface area contributed by atoms with Crippen molar-refractivity contribution < 1.29 is 0 Å². The van der Waals surface area contributed by atoms with E-state index in [1.165, 1.54) is 50.8 Å². The maximum Gasteiger partial charge on any atom is 0.0598 e. The fourth-order valence-corrected chi connectivity index (χ4v) is 3.38. The van der Waals surface area contributed by atoms with Crippen molar-refractivity contribution in [2.24, 2.45) is 0 Å². The van der Waals surface area contributed by atoms with Crippen LogP contribution >= 0.6 is 23.2 Å². The van der Waals surface area contributed by atoms with E-state index >= 15 is 0 Å². The summed E-state index contributed by atoms with van der Waals surface area (Å²) in [5.74, 6) is 0. The smallest absolute Gasteiger partial charge is 0.0598 e. The number of benzene rings is 1. The number of halogens is 2. The van der Waals surface area contributed by atoms with E-state index in [4.69, 9.17) is 23.2 Å². The van der Waals surface area contributed by atoms with Gasteiger partial charge in [0.1, 0.15) is 0 Å². The summed E-state index contributed by atoms with van der Waals surface area (Å²) >= 11 is 12.1. The first-order valence-electron chi connectivity index (χ1n) is 7.13. The standard InChI is InChI=1S/C16H19Cl2N/c17-14-7-6-12(11-15(14)18)10-13-4-1-2-5-16(13)19-8-3-9-19/h6-7,10-11,16H,1-5,8-9H2/b13-10-. The van der Waals surface area contributed by atoms with E-state index in [1.807, 2.05) is 12.1 Å². The van der Waals surface area contributed by atoms with Gasteiger partial charge in [-0.2, -0.15) is 0 Å². The van der Waals surface area contributed by atoms with Crippen molar-refractivity contribution in [3.63, 3.8) is 0 Å². The Morgan fingerprint density at radius 2 is 1.89 bits per heavy atom. The van der Waals surface area contributed by atoms with E-state index in [9.17, 15) is 0 Å². The average molecular weight is 296 g/mol. The van der Waals surface area contributed by atoms with Crippen LogP contribution in [0.2, 0.25) is 10.0 Å². The molecule has 2 fully saturated rings. The molecule has 0 radical (unpaired) electrons. The molecule has 0 amide bonds. The van der Waals surface area contributed by atoms with Crippen LogP contribution in [-0.4, -0.2) is 24.0 Å². The topological polar surface area (TPSA) is 3.24 Å². The molecular formula is C16H19Cl2N. The molecule has 0 aromatic heterocycles. The Bertz CT molecular complexity index is 492. The molecule has 19 heavy (non-hydrogen) atoms. The summed E-state index contributed by atoms with van der Waals surface area (Å²) in [6.07, 6.45) is 8.90. The lowest BCUT2D eigenvalue weighted by Gasteiger charge is -2.42. The first-order chi connectivity index (χ1) is 9.24. The molecule has 1 aromatic rings. The molecule has 3 heteroatoms. The number of hydrogen-bond donors (Lipinski definition) is 0. The maximum absolute atomic E-state index is 6.10. The summed E-state index contributed by atoms with van der Waals surface area (Å²) in [6.45, 7) is 2.53. The lowest BCUT2D eigenvalue weighted by Crippen LogP contribution is -2.46. The predicted octanol–water partition coefficient (Wildman–Crippen LogP) is 5.03. The Balaban J connectivity index is 1.84. The van der Waals surface area contributed by atoms with E-state index in [1.54, 1.807) is 5.57 Å². The Kier molecular flexibility index (Phi) is 4.16. The molecule has 0 bridgehead atoms. The molecule has 1 aliphatic carbocycles. The molecule has 1 unspecified atom stereocenters. The predicted molar refractivity (Wildman–Crippen MR) is 82.9 cm³/mol. The van der Waals surface area contributed by atoms with Gasteiger partial charge in [0, 0.05) is 6.04 Å². The third-order valence-corrected chi connectivity index (χ3v) is 4.99. The van der Waals surface area contributed by atoms with Gasteiger partial charge in [-0.25, -0.2) is 0 Å². The summed E-state index contributed by atoms with van der Waals surface area (Å²) in [6, 6.07) is 6.58. The molecule has 0 spiro atoms. The third kappa shape index (κ3) is 2.99. The summed E-state index contributed by atoms with van der Waals surface area (Å²) in [7, 11) is 0. The van der Waals surface area contributed by atoms with Gasteiger partial charge in [0.25, 0.3) is 0 Å². The highest BCUT2D eigenvalue weighted by molar-refractivity contribution is 6.42. The highest BCUT2D eigenvalue weighted by Crippen LogP contribution is 2.32. The quantitative estimate of drug-likeness (QED) is 0.740. The van der Waals surface area contributed by atoms with Crippen molar-refractivity contribution >= 4 is 29.3 Å². The maximum atomic E-state index is 6.10. The number of likely N-dealkylation sites (tertiary alicyclic amines) is 1. The zero-order chi connectivity index (χ0) is 13.2. The van der Waals surface area contributed by atoms with Crippen LogP contribution in [0.5, 0.6) is 0 Å². The van der Waals surface area contributed by atoms with Gasteiger partial charge in [0.05, 0.1) is 10.0 Å². The van der Waals surface area contributed by atoms with E-state index in [2.05, 4.69) is 17.0 Å². The van der Waals surface area contributed by atoms with Crippen molar-refractivity contribution in [2.75, 3.05) is 13.1 Å². The zero-order valence-corrected chi connectivity index (χ0v) is 12.6. The van der Waals surface area contributed by atoms with Crippen LogP contribution in [0.25, 0.3) is 6.08 Å². The minimum atomic E-state index is 0.631. The Labute approximate surface area is 125 Å². The third-order valence-electron chi connectivity index (χ3n) is 4.25. The van der Waals surface area contributed by atoms with Crippen LogP contribution in [0.1, 0.15) is 37.7 Å². The van der Waals surface area contributed by atoms with Gasteiger partial charge >= 0.3 is 0 Å². The average Bonchev–Trinajstić information content (AvgIpc) is 2.34. The highest BCUT2D eigenvalue weighted by atomic mass is 35.5. The van der Waals surface area contributed by atoms with Crippen LogP contribution in [0.4, 0.5) is 0 Å². The second-order valence-corrected chi connectivity index (χ2v) is 6.36. The van der Waals surface area contributed by atoms with E-state index < -0.39 is 0 Å². The normalized spacial score (nSPS) is 26.4. The van der Waals surface area contributed by atoms with Gasteiger partial charge in [-0.05, 0) is 56.5 Å². The summed E-state index contributed by atoms with van der Waals surface area (Å²) < 4.78 is 0. The molecule has 2 aliphatic rings. The van der Waals surface area contributed by atoms with Crippen LogP contribution in [0.15, 0.2) is 23.8 Å². The highest BCUT2D eigenvalue weighted by Gasteiger charge is 2.28. The lowest BCUT2D eigenvalue weighted by molar-refractivity contribution is 0.121. The SMILES string of the molecule is Clc1ccc(/C=C2/CCCCC2N2CCC2)cc1Cl. The first-order valence-corrected chi connectivity index (χ1v) is 7.89. The van der Waals surface area contributed by atoms with Crippen LogP contribution in [-0.2, 0) is 0 Å². The first kappa shape index (κ1) is 13.5. The fraction of sp³-hybridized carbons (Fsp3) is 0.500. The zero-order valence-electron chi connectivity index (χ0n) is 11.0. The van der Waals surface area contributed by atoms with Crippen LogP contribution in [0, 0.1) is 0 Å². The van der Waals surface area contributed by atoms with Crippen LogP contribution < -0.4 is 0 Å². The van der Waals surface area contributed by atoms with Gasteiger partial charge in [-0.15, -0.1) is 0 Å².